The van der Waals surface area contributed by atoms with Crippen molar-refractivity contribution in [1.82, 2.24) is 0 Å². The number of fused-ring (bicyclic) bond motifs is 5. The van der Waals surface area contributed by atoms with Crippen LogP contribution >= 0.6 is 0 Å². The van der Waals surface area contributed by atoms with Crippen molar-refractivity contribution in [2.75, 3.05) is 52.9 Å². The molecule has 0 aromatic heterocycles. The van der Waals surface area contributed by atoms with Gasteiger partial charge in [-0.05, 0) is 186 Å². The summed E-state index contributed by atoms with van der Waals surface area (Å²) < 4.78 is 95.9. The normalized spacial score (nSPS) is 33.3. The molecule has 134 heavy (non-hydrogen) atoms. The topological polar surface area (TPSA) is 473 Å². The van der Waals surface area contributed by atoms with Crippen LogP contribution in [0.5, 0.6) is 0 Å². The third kappa shape index (κ3) is 22.6. The molecule has 748 valence electrons. The third-order valence-electron chi connectivity index (χ3n) is 32.1. The molecular weight excluding hydrogens is 1750 g/mol. The number of hydrogen-bond acceptors (Lipinski definition) is 36. The maximum Gasteiger partial charge on any atom is 0.311 e. The van der Waals surface area contributed by atoms with Crippen LogP contribution in [0.3, 0.4) is 0 Å². The molecule has 15 rings (SSSR count). The molecule has 15 aliphatic rings. The Balaban J connectivity index is 0.000000162. The van der Waals surface area contributed by atoms with Crippen molar-refractivity contribution in [3.05, 3.63) is 0 Å². The van der Waals surface area contributed by atoms with Crippen LogP contribution in [-0.4, -0.2) is 220 Å². The molecule has 0 amide bonds. The summed E-state index contributed by atoms with van der Waals surface area (Å²) in [6.07, 6.45) is 7.93. The fraction of sp³-hybridized carbons (Fsp3) is 0.816. The van der Waals surface area contributed by atoms with E-state index in [9.17, 15) is 86.3 Å². The summed E-state index contributed by atoms with van der Waals surface area (Å²) in [6, 6.07) is 0. The Morgan fingerprint density at radius 2 is 0.657 bits per heavy atom. The molecule has 15 fully saturated rings. The van der Waals surface area contributed by atoms with Crippen molar-refractivity contribution in [3.63, 3.8) is 0 Å². The van der Waals surface area contributed by atoms with E-state index in [0.29, 0.717) is 51.4 Å². The van der Waals surface area contributed by atoms with Crippen molar-refractivity contribution in [2.24, 2.45) is 115 Å². The zero-order valence-electron chi connectivity index (χ0n) is 81.2. The highest BCUT2D eigenvalue weighted by Crippen LogP contribution is 2.65. The fourth-order valence-corrected chi connectivity index (χ4v) is 21.9. The lowest BCUT2D eigenvalue weighted by Crippen LogP contribution is -2.47. The van der Waals surface area contributed by atoms with E-state index in [4.69, 9.17) is 85.3 Å². The van der Waals surface area contributed by atoms with E-state index in [1.54, 1.807) is 41.5 Å². The molecule has 10 saturated carbocycles. The number of carbonyl (C=O) groups excluding carboxylic acids is 18. The van der Waals surface area contributed by atoms with Crippen LogP contribution in [-0.2, 0) is 172 Å². The minimum Gasteiger partial charge on any atom is -0.465 e. The molecule has 0 aromatic carbocycles. The van der Waals surface area contributed by atoms with Gasteiger partial charge < -0.3 is 85.3 Å². The largest absolute Gasteiger partial charge is 0.465 e. The van der Waals surface area contributed by atoms with Gasteiger partial charge in [-0.2, -0.15) is 0 Å². The Bertz CT molecular complexity index is 4410. The van der Waals surface area contributed by atoms with E-state index < -0.39 is 104 Å². The van der Waals surface area contributed by atoms with E-state index in [1.165, 1.54) is 0 Å². The van der Waals surface area contributed by atoms with Gasteiger partial charge in [0.2, 0.25) is 0 Å². The second kappa shape index (κ2) is 41.8. The highest BCUT2D eigenvalue weighted by atomic mass is 16.7. The second-order valence-electron chi connectivity index (χ2n) is 42.9. The van der Waals surface area contributed by atoms with E-state index >= 15 is 0 Å². The minimum atomic E-state index is -0.811. The first-order chi connectivity index (χ1) is 62.7. The molecule has 36 nitrogen and oxygen atoms in total. The van der Waals surface area contributed by atoms with Crippen LogP contribution in [0.25, 0.3) is 0 Å². The number of rotatable bonds is 39. The molecule has 25 unspecified atom stereocenters. The average Bonchev–Trinajstić information content (AvgIpc) is 1.54. The summed E-state index contributed by atoms with van der Waals surface area (Å²) in [6.45, 7) is 34.9. The molecule has 5 heterocycles. The SMILES string of the molecule is CCC(C)(C)C(=O)OCCC(=O)OC1C2CC3C(=O)OC1(C)C3C2.CCC(C)(C)C(=O)OCCC(=O)OC1C2OC(=O)C3CC1(C)CC32.CCC(C)(C)C(=O)OCCOC(=O)CCC(=O)OC1(C)C2CC3C(=O)OC1C3C2.CCC(C)(C)C(=O)OCCOC(=O)CCC(=O)OC1C2CC3C(=O)OC1(C)C3C2.CCC(C)(C)C(=O)OCCOC(=O)CCC(=O)OC1C2CC3C(=O)OC1C3C2. The van der Waals surface area contributed by atoms with Crippen molar-refractivity contribution < 1.29 is 172 Å². The lowest BCUT2D eigenvalue weighted by atomic mass is 9.79. The van der Waals surface area contributed by atoms with E-state index in [-0.39, 0.29) is 283 Å². The van der Waals surface area contributed by atoms with Gasteiger partial charge in [-0.25, -0.2) is 0 Å². The van der Waals surface area contributed by atoms with Gasteiger partial charge >= 0.3 is 107 Å². The first-order valence-electron chi connectivity index (χ1n) is 48.2. The maximum absolute atomic E-state index is 12.3. The van der Waals surface area contributed by atoms with Crippen LogP contribution in [0.4, 0.5) is 0 Å². The maximum atomic E-state index is 12.3. The smallest absolute Gasteiger partial charge is 0.311 e. The molecule has 5 saturated heterocycles. The van der Waals surface area contributed by atoms with Gasteiger partial charge in [0.1, 0.15) is 112 Å². The van der Waals surface area contributed by atoms with Gasteiger partial charge in [0.15, 0.2) is 0 Å². The lowest BCUT2D eigenvalue weighted by Gasteiger charge is -2.36. The van der Waals surface area contributed by atoms with Crippen LogP contribution in [0.2, 0.25) is 0 Å². The molecule has 10 bridgehead atoms. The molecule has 25 atom stereocenters. The molecule has 0 spiro atoms. The van der Waals surface area contributed by atoms with Crippen molar-refractivity contribution in [3.8, 4) is 0 Å². The van der Waals surface area contributed by atoms with Gasteiger partial charge in [-0.15, -0.1) is 0 Å². The Morgan fingerprint density at radius 1 is 0.313 bits per heavy atom. The predicted molar refractivity (Wildman–Crippen MR) is 461 cm³/mol. The number of hydrogen-bond donors (Lipinski definition) is 0. The summed E-state index contributed by atoms with van der Waals surface area (Å²) in [4.78, 5) is 215. The van der Waals surface area contributed by atoms with Gasteiger partial charge in [0.05, 0.1) is 108 Å². The van der Waals surface area contributed by atoms with Crippen LogP contribution in [0.1, 0.15) is 279 Å². The van der Waals surface area contributed by atoms with E-state index in [2.05, 4.69) is 6.92 Å². The van der Waals surface area contributed by atoms with Gasteiger partial charge in [-0.1, -0.05) is 41.5 Å². The highest BCUT2D eigenvalue weighted by molar-refractivity contribution is 5.85. The zero-order valence-corrected chi connectivity index (χ0v) is 81.2. The molecule has 0 aromatic rings. The Kier molecular flexibility index (Phi) is 32.7. The average molecular weight is 1890 g/mol. The first-order valence-corrected chi connectivity index (χ1v) is 48.2. The molecule has 0 N–H and O–H groups in total. The second-order valence-corrected chi connectivity index (χ2v) is 42.9. The minimum absolute atomic E-state index is 0.0149. The van der Waals surface area contributed by atoms with E-state index in [1.807, 2.05) is 83.1 Å². The molecule has 0 radical (unpaired) electrons. The highest BCUT2D eigenvalue weighted by Gasteiger charge is 2.74. The molecule has 5 aliphatic heterocycles. The Morgan fingerprint density at radius 3 is 1.08 bits per heavy atom. The van der Waals surface area contributed by atoms with Crippen molar-refractivity contribution in [1.29, 1.82) is 0 Å². The summed E-state index contributed by atoms with van der Waals surface area (Å²) >= 11 is 0. The van der Waals surface area contributed by atoms with Gasteiger partial charge in [-0.3, -0.25) is 86.3 Å². The van der Waals surface area contributed by atoms with Crippen LogP contribution < -0.4 is 0 Å². The quantitative estimate of drug-likeness (QED) is 0.0313. The first kappa shape index (κ1) is 105. The standard InChI is InChI=1S/2C21H30O8.C20H28O8.2C18H26O6/c1-5-20(2,3)19(25)27-9-8-26-15(22)6-7-16(23)29-21(4)12-10-13-14(11-12)18(24)28-17(13)21;1-5-20(2,3)19(25)27-9-8-26-15(22)6-7-16(23)28-17-12-10-13-14(11-12)21(17,4)29-18(13)24;1-4-20(2,3)19(24)26-8-7-25-14(21)5-6-15(22)27-16-11-9-12-13(10-11)18(23)28-17(12)16;1-5-17(2,3)16(21)22-7-6-12(19)23-14-13-10-8-18(14,4)9-11(10)15(20)24-13;1-5-17(2,3)16(21)22-7-6-13(19)23-14-10-8-11-12(9-10)18(14,4)24-15(11)20/h2*12-14,17H,5-11H2,1-4H3;11-13,16-17H,4-10H2,1-3H3;10-11,13-14H,5-9H2,1-4H3;10-12,14H,5-9H2,1-4H3. The fourth-order valence-electron chi connectivity index (χ4n) is 21.9. The Hall–Kier alpha value is -9.54. The van der Waals surface area contributed by atoms with Gasteiger partial charge in [0.25, 0.3) is 0 Å². The molecule has 36 heteroatoms. The van der Waals surface area contributed by atoms with Gasteiger partial charge in [0, 0.05) is 58.7 Å². The number of carbonyl (C=O) groups is 18. The summed E-state index contributed by atoms with van der Waals surface area (Å²) in [5, 5.41) is 0. The lowest BCUT2D eigenvalue weighted by molar-refractivity contribution is -0.180. The molecule has 10 aliphatic carbocycles. The number of esters is 18. The van der Waals surface area contributed by atoms with Crippen LogP contribution in [0, 0.1) is 115 Å². The number of ether oxygens (including phenoxy) is 18. The Labute approximate surface area is 782 Å². The van der Waals surface area contributed by atoms with Crippen molar-refractivity contribution in [2.45, 2.75) is 339 Å². The third-order valence-corrected chi connectivity index (χ3v) is 32.1. The molecular formula is C98H140O36. The predicted octanol–water partition coefficient (Wildman–Crippen LogP) is 10.6. The van der Waals surface area contributed by atoms with Crippen LogP contribution in [0.15, 0.2) is 0 Å². The summed E-state index contributed by atoms with van der Waals surface area (Å²) in [7, 11) is 0. The monoisotopic (exact) mass is 1890 g/mol. The summed E-state index contributed by atoms with van der Waals surface area (Å²) in [5.41, 5.74) is -5.21. The van der Waals surface area contributed by atoms with Crippen molar-refractivity contribution >= 4 is 107 Å². The van der Waals surface area contributed by atoms with E-state index in [0.717, 1.165) is 44.9 Å². The summed E-state index contributed by atoms with van der Waals surface area (Å²) in [5.74, 6) is -5.28. The zero-order chi connectivity index (χ0) is 98.7.